The third kappa shape index (κ3) is 31.6. The Bertz CT molecular complexity index is 2030. The summed E-state index contributed by atoms with van der Waals surface area (Å²) in [6.45, 7) is 28.7. The van der Waals surface area contributed by atoms with Gasteiger partial charge in [-0.25, -0.2) is 0 Å². The summed E-state index contributed by atoms with van der Waals surface area (Å²) >= 11 is 0. The molecule has 80 heavy (non-hydrogen) atoms. The Labute approximate surface area is 488 Å². The van der Waals surface area contributed by atoms with Crippen molar-refractivity contribution in [3.05, 3.63) is 121 Å². The quantitative estimate of drug-likeness (QED) is 0.0475. The normalized spacial score (nSPS) is 17.6. The van der Waals surface area contributed by atoms with Gasteiger partial charge in [0.1, 0.15) is 23.0 Å². The van der Waals surface area contributed by atoms with Crippen LogP contribution in [0.4, 0.5) is 0 Å². The number of likely N-dealkylation sites (tertiary alicyclic amines) is 3. The number of nitrogens with zero attached hydrogens (tertiary/aromatic N) is 5. The third-order valence-corrected chi connectivity index (χ3v) is 16.4. The predicted molar refractivity (Wildman–Crippen MR) is 336 cm³/mol. The summed E-state index contributed by atoms with van der Waals surface area (Å²) in [5.41, 5.74) is 0. The molecule has 0 N–H and O–H groups in total. The van der Waals surface area contributed by atoms with Crippen molar-refractivity contribution in [3.8, 4) is 23.0 Å². The van der Waals surface area contributed by atoms with Gasteiger partial charge in [-0.15, -0.1) is 0 Å². The maximum Gasteiger partial charge on any atom is 0.219 e. The van der Waals surface area contributed by atoms with Gasteiger partial charge in [-0.1, -0.05) is 106 Å². The lowest BCUT2D eigenvalue weighted by molar-refractivity contribution is -0.130. The van der Waals surface area contributed by atoms with Crippen LogP contribution < -0.4 is 18.9 Å². The van der Waals surface area contributed by atoms with Gasteiger partial charge < -0.3 is 38.5 Å². The Morgan fingerprint density at radius 2 is 0.750 bits per heavy atom. The van der Waals surface area contributed by atoms with E-state index in [1.807, 2.05) is 126 Å². The first-order chi connectivity index (χ1) is 39.3. The monoisotopic (exact) mass is 1100 g/mol. The first kappa shape index (κ1) is 66.2. The van der Waals surface area contributed by atoms with Crippen LogP contribution in [0.3, 0.4) is 0 Å². The van der Waals surface area contributed by atoms with E-state index in [1.54, 1.807) is 6.92 Å². The molecule has 0 bridgehead atoms. The molecule has 0 radical (unpaired) electrons. The summed E-state index contributed by atoms with van der Waals surface area (Å²) in [7, 11) is 0. The fraction of sp³-hybridized carbons (Fsp3) is 0.643. The number of piperidine rings is 3. The maximum atomic E-state index is 11.2. The number of ether oxygens (including phenoxy) is 4. The van der Waals surface area contributed by atoms with Crippen LogP contribution in [0.1, 0.15) is 156 Å². The van der Waals surface area contributed by atoms with E-state index in [2.05, 4.69) is 40.4 Å². The summed E-state index contributed by atoms with van der Waals surface area (Å²) < 4.78 is 22.8. The highest BCUT2D eigenvalue weighted by Gasteiger charge is 2.20. The number of benzene rings is 4. The van der Waals surface area contributed by atoms with Crippen molar-refractivity contribution >= 4 is 5.91 Å². The highest BCUT2D eigenvalue weighted by Crippen LogP contribution is 2.23. The topological polar surface area (TPSA) is 70.2 Å². The zero-order valence-electron chi connectivity index (χ0n) is 50.9. The molecule has 1 unspecified atom stereocenters. The van der Waals surface area contributed by atoms with Gasteiger partial charge in [0.2, 0.25) is 5.91 Å². The molecule has 10 heteroatoms. The molecule has 4 aliphatic heterocycles. The molecule has 1 atom stereocenters. The minimum Gasteiger partial charge on any atom is -0.494 e. The van der Waals surface area contributed by atoms with Crippen molar-refractivity contribution in [1.29, 1.82) is 0 Å². The van der Waals surface area contributed by atoms with Gasteiger partial charge in [0.05, 0.1) is 26.4 Å². The van der Waals surface area contributed by atoms with Gasteiger partial charge >= 0.3 is 0 Å². The van der Waals surface area contributed by atoms with Crippen LogP contribution in [0.15, 0.2) is 121 Å². The molecule has 4 fully saturated rings. The number of amides is 1. The van der Waals surface area contributed by atoms with Crippen LogP contribution in [0, 0.1) is 17.8 Å². The lowest BCUT2D eigenvalue weighted by Crippen LogP contribution is -2.48. The number of carbonyl (C=O) groups excluding carboxylic acids is 1. The fourth-order valence-corrected chi connectivity index (χ4v) is 11.3. The van der Waals surface area contributed by atoms with Crippen LogP contribution in [-0.4, -0.2) is 148 Å². The van der Waals surface area contributed by atoms with Crippen molar-refractivity contribution < 1.29 is 23.7 Å². The van der Waals surface area contributed by atoms with Crippen molar-refractivity contribution in [2.24, 2.45) is 17.8 Å². The van der Waals surface area contributed by atoms with Crippen LogP contribution in [0.5, 0.6) is 23.0 Å². The molecule has 4 aromatic carbocycles. The van der Waals surface area contributed by atoms with E-state index in [1.165, 1.54) is 174 Å². The Balaban J connectivity index is 0.000000196. The summed E-state index contributed by atoms with van der Waals surface area (Å²) in [6, 6.07) is 40.3. The number of hydrogen-bond donors (Lipinski definition) is 0. The van der Waals surface area contributed by atoms with Gasteiger partial charge in [0, 0.05) is 39.6 Å². The van der Waals surface area contributed by atoms with Gasteiger partial charge in [0.25, 0.3) is 0 Å². The van der Waals surface area contributed by atoms with E-state index in [4.69, 9.17) is 18.9 Å². The second-order valence-corrected chi connectivity index (χ2v) is 23.4. The Morgan fingerprint density at radius 1 is 0.400 bits per heavy atom. The number of rotatable bonds is 30. The van der Waals surface area contributed by atoms with Gasteiger partial charge in [0.15, 0.2) is 0 Å². The summed E-state index contributed by atoms with van der Waals surface area (Å²) in [4.78, 5) is 23.5. The fourth-order valence-electron chi connectivity index (χ4n) is 11.3. The largest absolute Gasteiger partial charge is 0.494 e. The molecule has 4 saturated heterocycles. The third-order valence-electron chi connectivity index (χ3n) is 16.4. The van der Waals surface area contributed by atoms with E-state index in [0.29, 0.717) is 0 Å². The zero-order valence-corrected chi connectivity index (χ0v) is 50.9. The molecular formula is C70H111N5O5. The van der Waals surface area contributed by atoms with E-state index in [-0.39, 0.29) is 5.91 Å². The maximum absolute atomic E-state index is 11.2. The average Bonchev–Trinajstić information content (AvgIpc) is 3.49. The number of hydrogen-bond acceptors (Lipinski definition) is 9. The number of carbonyl (C=O) groups is 1. The molecule has 0 saturated carbocycles. The highest BCUT2D eigenvalue weighted by molar-refractivity contribution is 5.73. The van der Waals surface area contributed by atoms with Crippen molar-refractivity contribution in [2.75, 3.05) is 118 Å². The van der Waals surface area contributed by atoms with Gasteiger partial charge in [-0.05, 0) is 241 Å². The zero-order chi connectivity index (χ0) is 56.3. The molecular weight excluding hydrogens is 991 g/mol. The molecule has 0 aromatic heterocycles. The van der Waals surface area contributed by atoms with E-state index in [9.17, 15) is 4.79 Å². The molecule has 0 spiro atoms. The smallest absolute Gasteiger partial charge is 0.219 e. The lowest BCUT2D eigenvalue weighted by Gasteiger charge is -2.34. The van der Waals surface area contributed by atoms with Crippen molar-refractivity contribution in [3.63, 3.8) is 0 Å². The summed E-state index contributed by atoms with van der Waals surface area (Å²) in [5, 5.41) is 0. The molecule has 4 aliphatic rings. The molecule has 10 nitrogen and oxygen atoms in total. The van der Waals surface area contributed by atoms with Crippen LogP contribution in [-0.2, 0) is 4.79 Å². The van der Waals surface area contributed by atoms with Crippen molar-refractivity contribution in [1.82, 2.24) is 24.5 Å². The summed E-state index contributed by atoms with van der Waals surface area (Å²) in [5.74, 6) is 6.98. The molecule has 4 aromatic rings. The minimum atomic E-state index is 0.202. The highest BCUT2D eigenvalue weighted by atomic mass is 16.5. The number of para-hydroxylation sites is 4. The van der Waals surface area contributed by atoms with Crippen LogP contribution in [0.25, 0.3) is 0 Å². The second-order valence-electron chi connectivity index (χ2n) is 23.4. The Kier molecular flexibility index (Phi) is 35.7. The lowest BCUT2D eigenvalue weighted by atomic mass is 9.92. The van der Waals surface area contributed by atoms with Crippen molar-refractivity contribution in [2.45, 2.75) is 156 Å². The van der Waals surface area contributed by atoms with E-state index >= 15 is 0 Å². The molecule has 8 rings (SSSR count). The van der Waals surface area contributed by atoms with E-state index in [0.717, 1.165) is 113 Å². The SMILES string of the molecule is CC(=O)N1CCN(CCCCCOc2ccccc2)CC1.CC1CCCN(CCCCCOc2ccccc2)C1.CC1CCN(CCCCCOc2ccccc2)CC1.CCCC1CCN(CCCCCOc2ccccc2)CC1. The van der Waals surface area contributed by atoms with Crippen LogP contribution in [0.2, 0.25) is 0 Å². The predicted octanol–water partition coefficient (Wildman–Crippen LogP) is 15.1. The second kappa shape index (κ2) is 43.1. The summed E-state index contributed by atoms with van der Waals surface area (Å²) in [6.07, 6.45) is 26.0. The minimum absolute atomic E-state index is 0.202. The molecule has 1 amide bonds. The Hall–Kier alpha value is -4.61. The van der Waals surface area contributed by atoms with Gasteiger partial charge in [-0.2, -0.15) is 0 Å². The Morgan fingerprint density at radius 3 is 1.10 bits per heavy atom. The standard InChI is InChI=1S/C19H31NO.C17H26N2O2.2C17H27NO/c1-2-9-18-12-15-20(16-13-18)14-7-4-8-17-21-19-10-5-3-6-11-19;1-16(20)19-13-11-18(12-14-19)10-6-3-7-15-21-17-8-4-2-5-9-17;1-16-9-8-13-18(15-16)12-6-3-7-14-19-17-10-4-2-5-11-17;1-16-10-13-18(14-11-16)12-6-3-7-15-19-17-8-4-2-5-9-17/h3,5-6,10-11,18H,2,4,7-9,12-17H2,1H3;2,4-5,8-9H,3,6-7,10-15H2,1H3;2,4-5,10-11,16H,3,6-9,12-15H2,1H3;2,4-5,8-9,16H,3,6-7,10-15H2,1H3. The van der Waals surface area contributed by atoms with Gasteiger partial charge in [-0.3, -0.25) is 9.69 Å². The number of unbranched alkanes of at least 4 members (excludes halogenated alkanes) is 8. The first-order valence-corrected chi connectivity index (χ1v) is 32.2. The molecule has 446 valence electrons. The molecule has 0 aliphatic carbocycles. The number of piperazine rings is 1. The molecule has 4 heterocycles. The average molecular weight is 1100 g/mol. The first-order valence-electron chi connectivity index (χ1n) is 32.2. The van der Waals surface area contributed by atoms with E-state index < -0.39 is 0 Å². The van der Waals surface area contributed by atoms with Crippen LogP contribution >= 0.6 is 0 Å².